The molecule has 10 atom stereocenters. The fourth-order valence-electron chi connectivity index (χ4n) is 21.1. The first-order valence-corrected chi connectivity index (χ1v) is 49.2. The minimum Gasteiger partial charge on any atom is -0.333 e. The summed E-state index contributed by atoms with van der Waals surface area (Å²) in [4.78, 5) is 65.0. The summed E-state index contributed by atoms with van der Waals surface area (Å²) in [6.45, 7) is 10.7. The molecule has 0 spiro atoms. The van der Waals surface area contributed by atoms with Crippen LogP contribution >= 0.6 is 0 Å². The van der Waals surface area contributed by atoms with E-state index in [-0.39, 0.29) is 60.4 Å². The normalized spacial score (nSPS) is 19.8. The Hall–Kier alpha value is -15.1. The zero-order valence-corrected chi connectivity index (χ0v) is 80.2. The van der Waals surface area contributed by atoms with Crippen LogP contribution in [-0.2, 0) is 14.1 Å². The molecule has 0 saturated carbocycles. The van der Waals surface area contributed by atoms with Crippen molar-refractivity contribution in [2.45, 2.75) is 191 Å². The van der Waals surface area contributed by atoms with Crippen LogP contribution in [0.2, 0.25) is 0 Å². The molecule has 0 radical (unpaired) electrons. The summed E-state index contributed by atoms with van der Waals surface area (Å²) in [6, 6.07) is 70.6. The fourth-order valence-corrected chi connectivity index (χ4v) is 21.1. The Morgan fingerprint density at radius 1 is 0.243 bits per heavy atom. The Labute approximate surface area is 814 Å². The lowest BCUT2D eigenvalue weighted by molar-refractivity contribution is 0.321. The van der Waals surface area contributed by atoms with Gasteiger partial charge in [-0.15, -0.1) is 0 Å². The molecule has 0 aromatic carbocycles. The van der Waals surface area contributed by atoms with Gasteiger partial charge in [0.1, 0.15) is 28.2 Å². The second-order valence-corrected chi connectivity index (χ2v) is 37.5. The lowest BCUT2D eigenvalue weighted by Gasteiger charge is -2.30. The molecular weight excluding hydrogens is 1740 g/mol. The summed E-state index contributed by atoms with van der Waals surface area (Å²) >= 11 is 0. The number of hydrogen-bond acceptors (Lipinski definition) is 20. The monoisotopic (exact) mass is 1850 g/mol. The van der Waals surface area contributed by atoms with Crippen molar-refractivity contribution < 1.29 is 0 Å². The summed E-state index contributed by atoms with van der Waals surface area (Å²) in [5.74, 6) is 0. The molecule has 704 valence electrons. The van der Waals surface area contributed by atoms with Crippen molar-refractivity contribution in [3.63, 3.8) is 0 Å². The van der Waals surface area contributed by atoms with Gasteiger partial charge in [-0.1, -0.05) is 66.7 Å². The van der Waals surface area contributed by atoms with Crippen molar-refractivity contribution in [2.24, 2.45) is 14.1 Å². The van der Waals surface area contributed by atoms with Crippen molar-refractivity contribution in [2.75, 3.05) is 0 Å². The van der Waals surface area contributed by atoms with Crippen LogP contribution in [0, 0.1) is 34.6 Å². The molecule has 0 bridgehead atoms. The smallest absolute Gasteiger partial charge is 0.137 e. The van der Waals surface area contributed by atoms with Crippen LogP contribution in [0.25, 0.3) is 84.9 Å². The fraction of sp³-hybridized carbons (Fsp3) is 0.283. The Kier molecular flexibility index (Phi) is 27.2. The third-order valence-electron chi connectivity index (χ3n) is 28.2. The van der Waals surface area contributed by atoms with Gasteiger partial charge >= 0.3 is 0 Å². The van der Waals surface area contributed by atoms with Crippen LogP contribution in [0.3, 0.4) is 0 Å². The summed E-state index contributed by atoms with van der Waals surface area (Å²) in [6.07, 6.45) is 51.9. The Bertz CT molecular complexity index is 7030. The maximum absolute atomic E-state index is 4.94. The average Bonchev–Trinajstić information content (AvgIpc) is 2.47. The quantitative estimate of drug-likeness (QED) is 0.0637. The maximum Gasteiger partial charge on any atom is 0.137 e. The Balaban J connectivity index is 0.000000104. The van der Waals surface area contributed by atoms with Crippen molar-refractivity contribution in [3.05, 3.63) is 397 Å². The third kappa shape index (κ3) is 19.8. The molecule has 5 saturated heterocycles. The van der Waals surface area contributed by atoms with Crippen LogP contribution in [-0.4, -0.2) is 106 Å². The largest absolute Gasteiger partial charge is 0.333 e. The number of nitrogens with zero attached hydrogens (tertiary/aromatic N) is 22. The van der Waals surface area contributed by atoms with Crippen LogP contribution in [0.15, 0.2) is 312 Å². The maximum atomic E-state index is 4.94. The van der Waals surface area contributed by atoms with Gasteiger partial charge in [0.2, 0.25) is 0 Å². The standard InChI is InChI=1S/3C23H23N5.2C22H24N6/c1-16-6-4-13-25-23(16)19-9-2-8-18(26-19)20-15-28-21(10-3-11-22(28)27-20)17-7-5-12-24-14-17;1-16-5-4-12-25-23(16)19-7-2-6-18(26-19)20-15-28-21(8-3-9-22(28)27-20)17-10-13-24-14-11-17;1-16-7-6-14-25-23(16)19-10-4-9-17(26-19)20-15-28-21(11-5-12-22(28)27-20)18-8-2-3-13-24-18;1-15-6-5-12-23-22(15)17-8-3-7-16(25-17)18-14-28-20(9-4-10-21(28)26-18)19-11-13-24-27(19)2;1-15-6-5-11-24-22(15)17-8-3-7-16(25-17)18-13-28-19(9-4-10-21(28)26-18)20-12-23-14-27(20)2/h3-7,10-15,18-19,26H,2,8-9H2,1H3;3-5,8-15,18-19,26H,2,6-7H2,1H3;2-3,5-8,11-15,17,19,26H,4,9-10H2,1H3;2*4-6,9-14,16-17,25H,3,7-8H2,1-2H3/t2*18-,19+;17-,19+;2*16-,17+/m11111/s1. The summed E-state index contributed by atoms with van der Waals surface area (Å²) in [5, 5.41) is 23.3. The average molecular weight is 1850 g/mol. The molecule has 25 rings (SSSR count). The minimum atomic E-state index is 0.233. The molecule has 140 heavy (non-hydrogen) atoms. The van der Waals surface area contributed by atoms with E-state index in [9.17, 15) is 0 Å². The van der Waals surface area contributed by atoms with E-state index in [1.165, 1.54) is 59.9 Å². The molecule has 5 N–H and O–H groups in total. The van der Waals surface area contributed by atoms with Gasteiger partial charge in [0.15, 0.2) is 0 Å². The van der Waals surface area contributed by atoms with E-state index in [4.69, 9.17) is 24.9 Å². The molecule has 0 amide bonds. The zero-order chi connectivity index (χ0) is 94.9. The molecule has 25 heterocycles. The van der Waals surface area contributed by atoms with E-state index in [1.807, 2.05) is 177 Å². The van der Waals surface area contributed by atoms with Gasteiger partial charge in [0, 0.05) is 124 Å². The van der Waals surface area contributed by atoms with Gasteiger partial charge in [0.05, 0.1) is 175 Å². The Morgan fingerprint density at radius 2 is 0.571 bits per heavy atom. The number of pyridine rings is 13. The number of imidazole rings is 6. The van der Waals surface area contributed by atoms with Crippen LogP contribution in [0.5, 0.6) is 0 Å². The van der Waals surface area contributed by atoms with Crippen molar-refractivity contribution in [1.82, 2.24) is 133 Å². The van der Waals surface area contributed by atoms with Crippen LogP contribution < -0.4 is 26.6 Å². The molecule has 5 aliphatic heterocycles. The molecule has 27 heteroatoms. The lowest BCUT2D eigenvalue weighted by Crippen LogP contribution is -2.32. The second kappa shape index (κ2) is 41.7. The van der Waals surface area contributed by atoms with E-state index in [2.05, 4.69) is 285 Å². The first kappa shape index (κ1) is 91.3. The van der Waals surface area contributed by atoms with E-state index >= 15 is 0 Å². The summed E-state index contributed by atoms with van der Waals surface area (Å²) in [5.41, 5.74) is 33.1. The molecule has 0 unspecified atom stereocenters. The molecule has 5 aliphatic rings. The van der Waals surface area contributed by atoms with Crippen LogP contribution in [0.4, 0.5) is 0 Å². The van der Waals surface area contributed by atoms with E-state index in [0.29, 0.717) is 0 Å². The second-order valence-electron chi connectivity index (χ2n) is 37.5. The van der Waals surface area contributed by atoms with Crippen molar-refractivity contribution in [1.29, 1.82) is 0 Å². The predicted octanol–water partition coefficient (Wildman–Crippen LogP) is 22.0. The highest BCUT2D eigenvalue weighted by Gasteiger charge is 2.34. The highest BCUT2D eigenvalue weighted by molar-refractivity contribution is 5.67. The number of aromatic nitrogens is 22. The van der Waals surface area contributed by atoms with Gasteiger partial charge in [-0.3, -0.25) is 66.6 Å². The van der Waals surface area contributed by atoms with Crippen LogP contribution in [0.1, 0.15) is 241 Å². The highest BCUT2D eigenvalue weighted by atomic mass is 15.3. The number of fused-ring (bicyclic) bond motifs is 5. The van der Waals surface area contributed by atoms with E-state index in [0.717, 1.165) is 206 Å². The van der Waals surface area contributed by atoms with Gasteiger partial charge in [0.25, 0.3) is 0 Å². The van der Waals surface area contributed by atoms with E-state index in [1.54, 1.807) is 6.20 Å². The predicted molar refractivity (Wildman–Crippen MR) is 547 cm³/mol. The first-order valence-electron chi connectivity index (χ1n) is 49.2. The molecule has 5 fully saturated rings. The summed E-state index contributed by atoms with van der Waals surface area (Å²) in [7, 11) is 3.98. The number of piperidine rings is 5. The van der Waals surface area contributed by atoms with E-state index < -0.39 is 0 Å². The Morgan fingerprint density at radius 3 is 0.900 bits per heavy atom. The number of nitrogens with one attached hydrogen (secondary N) is 5. The van der Waals surface area contributed by atoms with Crippen molar-refractivity contribution >= 4 is 28.2 Å². The molecule has 27 nitrogen and oxygen atoms in total. The molecule has 20 aromatic rings. The van der Waals surface area contributed by atoms with Gasteiger partial charge in [-0.2, -0.15) is 5.10 Å². The molecular formula is C113H117N27. The topological polar surface area (TPSA) is 285 Å². The minimum absolute atomic E-state index is 0.233. The number of rotatable bonds is 15. The SMILES string of the molecule is Cc1cccnc1[C@@H]1CCC[C@H](c2cn3c(-c4ccccn4)cccc3n2)N1.Cc1cccnc1[C@@H]1CCC[C@H](c2cn3c(-c4cccnc4)cccc3n2)N1.Cc1cccnc1[C@@H]1CCC[C@H](c2cn3c(-c4ccncc4)cccc3n2)N1.Cc1cccnc1[C@@H]1CCC[C@H](c2cn3c(-c4ccnn4C)cccc3n2)N1.Cc1cccnc1[C@@H]1CCC[C@H](c2cn3c(-c4cncn4C)cccc3n2)N1. The molecule has 0 aliphatic carbocycles. The van der Waals surface area contributed by atoms with Gasteiger partial charge < -0.3 is 31.2 Å². The highest BCUT2D eigenvalue weighted by Crippen LogP contribution is 2.41. The first-order chi connectivity index (χ1) is 68.8. The third-order valence-corrected chi connectivity index (χ3v) is 28.2. The number of hydrogen-bond donors (Lipinski definition) is 5. The zero-order valence-electron chi connectivity index (χ0n) is 80.2. The summed E-state index contributed by atoms with van der Waals surface area (Å²) < 4.78 is 14.8. The molecule has 20 aromatic heterocycles. The van der Waals surface area contributed by atoms with Crippen molar-refractivity contribution in [3.8, 4) is 56.7 Å². The van der Waals surface area contributed by atoms with Gasteiger partial charge in [-0.05, 0) is 292 Å². The number of aryl methyl sites for hydroxylation is 7. The lowest BCUT2D eigenvalue weighted by atomic mass is 9.93. The van der Waals surface area contributed by atoms with Gasteiger partial charge in [-0.25, -0.2) is 29.9 Å².